The zero-order valence-corrected chi connectivity index (χ0v) is 40.7. The van der Waals surface area contributed by atoms with Gasteiger partial charge < -0.3 is 33.6 Å². The first-order chi connectivity index (χ1) is 34.2. The Labute approximate surface area is 413 Å². The van der Waals surface area contributed by atoms with Crippen molar-refractivity contribution in [2.24, 2.45) is 17.8 Å². The Hall–Kier alpha value is -6.07. The molecule has 2 atom stereocenters. The van der Waals surface area contributed by atoms with Gasteiger partial charge in [-0.15, -0.1) is 6.58 Å². The molecule has 0 radical (unpaired) electrons. The first-order valence-corrected chi connectivity index (χ1v) is 25.8. The minimum atomic E-state index is -0.819. The van der Waals surface area contributed by atoms with Gasteiger partial charge in [-0.1, -0.05) is 55.8 Å². The summed E-state index contributed by atoms with van der Waals surface area (Å²) in [5.74, 6) is 0.346. The van der Waals surface area contributed by atoms with Crippen LogP contribution in [0.15, 0.2) is 110 Å². The number of aliphatic hydroxyl groups is 1. The number of carbonyl (C=O) groups is 4. The van der Waals surface area contributed by atoms with Crippen LogP contribution in [-0.4, -0.2) is 66.8 Å². The number of fused-ring (bicyclic) bond motifs is 3. The number of pyridine rings is 1. The highest BCUT2D eigenvalue weighted by Crippen LogP contribution is 2.41. The lowest BCUT2D eigenvalue weighted by Crippen LogP contribution is -2.29. The molecular formula is C59H71NO10. The number of rotatable bonds is 26. The predicted octanol–water partition coefficient (Wildman–Crippen LogP) is 12.1. The molecule has 7 rings (SSSR count). The van der Waals surface area contributed by atoms with Crippen LogP contribution in [0.2, 0.25) is 0 Å². The Kier molecular flexibility index (Phi) is 19.8. The van der Waals surface area contributed by atoms with Crippen molar-refractivity contribution in [2.45, 2.75) is 134 Å². The van der Waals surface area contributed by atoms with Crippen LogP contribution < -0.4 is 9.47 Å². The zero-order chi connectivity index (χ0) is 49.1. The van der Waals surface area contributed by atoms with Crippen LogP contribution in [0.3, 0.4) is 0 Å². The van der Waals surface area contributed by atoms with Crippen LogP contribution >= 0.6 is 0 Å². The van der Waals surface area contributed by atoms with Crippen LogP contribution in [0.1, 0.15) is 138 Å². The van der Waals surface area contributed by atoms with E-state index in [9.17, 15) is 24.3 Å². The molecule has 1 heterocycles. The molecule has 0 amide bonds. The third kappa shape index (κ3) is 14.7. The number of nitrogens with zero attached hydrogens (tertiary/aromatic N) is 1. The second-order valence-electron chi connectivity index (χ2n) is 19.2. The average Bonchev–Trinajstić information content (AvgIpc) is 3.39. The lowest BCUT2D eigenvalue weighted by Gasteiger charge is -2.27. The molecule has 3 aliphatic rings. The van der Waals surface area contributed by atoms with E-state index in [1.165, 1.54) is 11.6 Å². The molecule has 4 aromatic rings. The van der Waals surface area contributed by atoms with Crippen LogP contribution in [0, 0.1) is 17.8 Å². The van der Waals surface area contributed by atoms with E-state index >= 15 is 0 Å². The Morgan fingerprint density at radius 2 is 1.34 bits per heavy atom. The lowest BCUT2D eigenvalue weighted by molar-refractivity contribution is -0.152. The number of hydrogen-bond acceptors (Lipinski definition) is 11. The van der Waals surface area contributed by atoms with E-state index < -0.39 is 12.0 Å². The summed E-state index contributed by atoms with van der Waals surface area (Å²) in [4.78, 5) is 54.6. The molecule has 1 aromatic heterocycles. The summed E-state index contributed by atoms with van der Waals surface area (Å²) in [5.41, 5.74) is 3.64. The highest BCUT2D eigenvalue weighted by atomic mass is 16.5. The van der Waals surface area contributed by atoms with Gasteiger partial charge in [0.25, 0.3) is 0 Å². The molecule has 70 heavy (non-hydrogen) atoms. The van der Waals surface area contributed by atoms with Gasteiger partial charge in [-0.25, -0.2) is 4.79 Å². The Morgan fingerprint density at radius 3 is 2.06 bits per heavy atom. The van der Waals surface area contributed by atoms with E-state index in [2.05, 4.69) is 31.4 Å². The number of benzene rings is 3. The van der Waals surface area contributed by atoms with Gasteiger partial charge in [-0.3, -0.25) is 14.6 Å². The topological polar surface area (TPSA) is 148 Å². The Balaban J connectivity index is 0.926. The summed E-state index contributed by atoms with van der Waals surface area (Å²) in [5, 5.41) is 14.4. The fraction of sp³-hybridized carbons (Fsp3) is 0.475. The summed E-state index contributed by atoms with van der Waals surface area (Å²) < 4.78 is 28.8. The molecule has 0 saturated heterocycles. The zero-order valence-electron chi connectivity index (χ0n) is 40.7. The van der Waals surface area contributed by atoms with E-state index in [1.54, 1.807) is 6.08 Å². The molecule has 11 nitrogen and oxygen atoms in total. The number of aliphatic hydroxyl groups excluding tert-OH is 1. The predicted molar refractivity (Wildman–Crippen MR) is 273 cm³/mol. The van der Waals surface area contributed by atoms with Crippen LogP contribution in [0.5, 0.6) is 11.5 Å². The van der Waals surface area contributed by atoms with E-state index in [0.29, 0.717) is 74.9 Å². The third-order valence-corrected chi connectivity index (χ3v) is 14.2. The molecule has 3 aromatic carbocycles. The Morgan fingerprint density at radius 1 is 0.671 bits per heavy atom. The second-order valence-corrected chi connectivity index (χ2v) is 19.2. The molecule has 2 saturated carbocycles. The van der Waals surface area contributed by atoms with Crippen molar-refractivity contribution in [3.63, 3.8) is 0 Å². The number of allylic oxidation sites excluding steroid dienone is 2. The van der Waals surface area contributed by atoms with Crippen molar-refractivity contribution >= 4 is 45.9 Å². The highest BCUT2D eigenvalue weighted by molar-refractivity contribution is 6.07. The van der Waals surface area contributed by atoms with Gasteiger partial charge in [0, 0.05) is 35.3 Å². The summed E-state index contributed by atoms with van der Waals surface area (Å²) in [6, 6.07) is 20.0. The average molecular weight is 954 g/mol. The van der Waals surface area contributed by atoms with E-state index in [1.807, 2.05) is 60.7 Å². The molecule has 372 valence electrons. The molecule has 0 bridgehead atoms. The highest BCUT2D eigenvalue weighted by Gasteiger charge is 2.33. The van der Waals surface area contributed by atoms with E-state index in [-0.39, 0.29) is 42.3 Å². The standard InChI is InChI=1S/C59H71NO10/c1-3-5-6-7-8-11-34-67-48-28-31-55(62)53(38-48)57-52-37-46(43-18-14-42(40-61)15-19-43)24-29-50(52)51-30-27-49(39-54(51)60-57)70-59(65)45-22-20-44(21-23-45)58(64)69-36-32-41-16-25-47(26-17-41)66-33-12-9-10-13-35-68-56(63)4-2/h3-4,16-17,24-31,37-40,42-45,53,55,62H,1-2,5-15,18-23,32-36H2. The first kappa shape index (κ1) is 51.8. The number of unbranched alkanes of at least 4 members (excludes halogenated alkanes) is 7. The van der Waals surface area contributed by atoms with Gasteiger partial charge in [0.05, 0.1) is 61.5 Å². The molecular weight excluding hydrogens is 883 g/mol. The smallest absolute Gasteiger partial charge is 0.330 e. The summed E-state index contributed by atoms with van der Waals surface area (Å²) in [6.07, 6.45) is 24.4. The molecule has 0 spiro atoms. The number of hydrogen-bond donors (Lipinski definition) is 1. The van der Waals surface area contributed by atoms with Crippen molar-refractivity contribution in [3.8, 4) is 11.5 Å². The van der Waals surface area contributed by atoms with Crippen molar-refractivity contribution < 1.29 is 48.0 Å². The molecule has 1 N–H and O–H groups in total. The summed E-state index contributed by atoms with van der Waals surface area (Å²) >= 11 is 0. The van der Waals surface area contributed by atoms with Crippen LogP contribution in [0.4, 0.5) is 0 Å². The fourth-order valence-electron chi connectivity index (χ4n) is 9.99. The summed E-state index contributed by atoms with van der Waals surface area (Å²) in [6.45, 7) is 9.08. The van der Waals surface area contributed by atoms with Crippen LogP contribution in [-0.2, 0) is 39.8 Å². The molecule has 2 unspecified atom stereocenters. The molecule has 3 aliphatic carbocycles. The largest absolute Gasteiger partial charge is 0.494 e. The number of carbonyl (C=O) groups excluding carboxylic acids is 4. The fourth-order valence-corrected chi connectivity index (χ4v) is 9.99. The summed E-state index contributed by atoms with van der Waals surface area (Å²) in [7, 11) is 0. The Bertz CT molecular complexity index is 2460. The van der Waals surface area contributed by atoms with Gasteiger partial charge in [0.15, 0.2) is 0 Å². The number of esters is 3. The van der Waals surface area contributed by atoms with Crippen molar-refractivity contribution in [2.75, 3.05) is 26.4 Å². The molecule has 2 fully saturated rings. The van der Waals surface area contributed by atoms with Gasteiger partial charge in [0.1, 0.15) is 23.5 Å². The maximum atomic E-state index is 13.6. The van der Waals surface area contributed by atoms with Gasteiger partial charge >= 0.3 is 17.9 Å². The minimum Gasteiger partial charge on any atom is -0.494 e. The molecule has 0 aliphatic heterocycles. The van der Waals surface area contributed by atoms with Crippen LogP contribution in [0.25, 0.3) is 21.7 Å². The monoisotopic (exact) mass is 954 g/mol. The maximum Gasteiger partial charge on any atom is 0.330 e. The second kappa shape index (κ2) is 26.8. The number of aldehydes is 1. The molecule has 11 heteroatoms. The minimum absolute atomic E-state index is 0.123. The van der Waals surface area contributed by atoms with Crippen molar-refractivity contribution in [1.82, 2.24) is 4.98 Å². The van der Waals surface area contributed by atoms with Crippen molar-refractivity contribution in [3.05, 3.63) is 127 Å². The van der Waals surface area contributed by atoms with Gasteiger partial charge in [0.2, 0.25) is 0 Å². The number of aromatic nitrogens is 1. The third-order valence-electron chi connectivity index (χ3n) is 14.2. The quantitative estimate of drug-likeness (QED) is 0.0122. The number of ether oxygens (including phenoxy) is 5. The van der Waals surface area contributed by atoms with Crippen molar-refractivity contribution in [1.29, 1.82) is 0 Å². The maximum absolute atomic E-state index is 13.6. The van der Waals surface area contributed by atoms with E-state index in [4.69, 9.17) is 28.7 Å². The van der Waals surface area contributed by atoms with Gasteiger partial charge in [-0.2, -0.15) is 0 Å². The SMILES string of the molecule is C=CCCCCCCOC1=CC(c2nc3cc(OC(=O)C4CCC(C(=O)OCCc5ccc(OCCCCCCOC(=O)C=C)cc5)CC4)ccc3c3ccc(C4CCC(C=O)CC4)cc23)C(O)C=C1. The normalized spacial score (nSPS) is 21.1. The lowest BCUT2D eigenvalue weighted by atomic mass is 9.78. The first-order valence-electron chi connectivity index (χ1n) is 25.8. The van der Waals surface area contributed by atoms with E-state index in [0.717, 1.165) is 123 Å². The van der Waals surface area contributed by atoms with Gasteiger partial charge in [-0.05, 0) is 161 Å².